The van der Waals surface area contributed by atoms with Gasteiger partial charge in [0.2, 0.25) is 0 Å². The molecule has 1 aromatic carbocycles. The van der Waals surface area contributed by atoms with E-state index in [2.05, 4.69) is 0 Å². The zero-order valence-corrected chi connectivity index (χ0v) is 9.95. The molecule has 0 aliphatic heterocycles. The fraction of sp³-hybridized carbons (Fsp3) is 0.500. The molecule has 0 bridgehead atoms. The van der Waals surface area contributed by atoms with Crippen molar-refractivity contribution in [1.29, 1.82) is 0 Å². The van der Waals surface area contributed by atoms with Crippen LogP contribution in [0.2, 0.25) is 0 Å². The first kappa shape index (κ1) is 11.2. The van der Waals surface area contributed by atoms with Crippen molar-refractivity contribution in [1.82, 2.24) is 0 Å². The molecule has 1 fully saturated rings. The minimum Gasteiger partial charge on any atom is -0.494 e. The van der Waals surface area contributed by atoms with Gasteiger partial charge in [-0.15, -0.1) is 0 Å². The van der Waals surface area contributed by atoms with Crippen LogP contribution in [0.25, 0.3) is 0 Å². The number of rotatable bonds is 4. The van der Waals surface area contributed by atoms with Crippen LogP contribution in [0.1, 0.15) is 38.7 Å². The Morgan fingerprint density at radius 1 is 1.31 bits per heavy atom. The highest BCUT2D eigenvalue weighted by molar-refractivity contribution is 5.89. The van der Waals surface area contributed by atoms with Gasteiger partial charge in [0, 0.05) is 0 Å². The molecule has 1 aliphatic rings. The van der Waals surface area contributed by atoms with Crippen LogP contribution in [0.4, 0.5) is 0 Å². The molecule has 2 nitrogen and oxygen atoms in total. The van der Waals surface area contributed by atoms with Gasteiger partial charge in [0.25, 0.3) is 0 Å². The second-order valence-corrected chi connectivity index (χ2v) is 4.45. The number of carbonyl (C=O) groups excluding carboxylic acids is 1. The number of Topliss-reactive ketones (excluding diaryl/α,β-unsaturated/α-hetero) is 1. The Labute approximate surface area is 96.6 Å². The zero-order chi connectivity index (χ0) is 11.6. The molecule has 2 rings (SSSR count). The van der Waals surface area contributed by atoms with Crippen LogP contribution in [-0.4, -0.2) is 12.4 Å². The molecule has 0 atom stereocenters. The third-order valence-electron chi connectivity index (χ3n) is 3.60. The molecule has 0 spiro atoms. The van der Waals surface area contributed by atoms with Gasteiger partial charge in [-0.1, -0.05) is 18.6 Å². The molecule has 0 unspecified atom stereocenters. The van der Waals surface area contributed by atoms with Crippen LogP contribution in [0, 0.1) is 0 Å². The second-order valence-electron chi connectivity index (χ2n) is 4.45. The van der Waals surface area contributed by atoms with E-state index in [1.54, 1.807) is 6.92 Å². The van der Waals surface area contributed by atoms with Crippen LogP contribution < -0.4 is 4.74 Å². The van der Waals surface area contributed by atoms with E-state index in [1.807, 2.05) is 31.2 Å². The first-order valence-electron chi connectivity index (χ1n) is 5.93. The van der Waals surface area contributed by atoms with Gasteiger partial charge >= 0.3 is 0 Å². The van der Waals surface area contributed by atoms with Crippen LogP contribution in [-0.2, 0) is 10.2 Å². The molecular weight excluding hydrogens is 200 g/mol. The highest BCUT2D eigenvalue weighted by Crippen LogP contribution is 2.44. The van der Waals surface area contributed by atoms with Gasteiger partial charge in [0.15, 0.2) is 0 Å². The van der Waals surface area contributed by atoms with Gasteiger partial charge in [-0.2, -0.15) is 0 Å². The van der Waals surface area contributed by atoms with Crippen LogP contribution in [0.15, 0.2) is 24.3 Å². The summed E-state index contributed by atoms with van der Waals surface area (Å²) in [4.78, 5) is 11.7. The molecule has 0 saturated heterocycles. The Hall–Kier alpha value is -1.31. The van der Waals surface area contributed by atoms with Crippen LogP contribution in [0.3, 0.4) is 0 Å². The molecule has 0 heterocycles. The minimum atomic E-state index is -0.190. The SMILES string of the molecule is CCOc1ccc(C2(C(C)=O)CCC2)cc1. The largest absolute Gasteiger partial charge is 0.494 e. The minimum absolute atomic E-state index is 0.190. The summed E-state index contributed by atoms with van der Waals surface area (Å²) in [5.74, 6) is 1.17. The maximum atomic E-state index is 11.7. The van der Waals surface area contributed by atoms with Gasteiger partial charge in [-0.05, 0) is 44.4 Å². The van der Waals surface area contributed by atoms with E-state index in [9.17, 15) is 4.79 Å². The van der Waals surface area contributed by atoms with Gasteiger partial charge in [0.05, 0.1) is 12.0 Å². The Morgan fingerprint density at radius 2 is 1.94 bits per heavy atom. The van der Waals surface area contributed by atoms with E-state index in [1.165, 1.54) is 0 Å². The van der Waals surface area contributed by atoms with Crippen LogP contribution >= 0.6 is 0 Å². The molecule has 0 aromatic heterocycles. The molecule has 0 radical (unpaired) electrons. The molecule has 1 saturated carbocycles. The molecule has 86 valence electrons. The Kier molecular flexibility index (Phi) is 2.99. The second kappa shape index (κ2) is 4.28. The Bertz CT molecular complexity index is 374. The summed E-state index contributed by atoms with van der Waals surface area (Å²) in [7, 11) is 0. The third-order valence-corrected chi connectivity index (χ3v) is 3.60. The Balaban J connectivity index is 2.23. The Morgan fingerprint density at radius 3 is 2.31 bits per heavy atom. The quantitative estimate of drug-likeness (QED) is 0.776. The molecule has 2 heteroatoms. The van der Waals surface area contributed by atoms with Crippen molar-refractivity contribution in [2.24, 2.45) is 0 Å². The van der Waals surface area contributed by atoms with Crippen molar-refractivity contribution in [2.45, 2.75) is 38.5 Å². The standard InChI is InChI=1S/C14H18O2/c1-3-16-13-7-5-12(6-8-13)14(11(2)15)9-4-10-14/h5-8H,3-4,9-10H2,1-2H3. The van der Waals surface area contributed by atoms with E-state index in [0.29, 0.717) is 12.4 Å². The molecule has 0 amide bonds. The fourth-order valence-electron chi connectivity index (χ4n) is 2.41. The van der Waals surface area contributed by atoms with Crippen molar-refractivity contribution >= 4 is 5.78 Å². The van der Waals surface area contributed by atoms with E-state index in [0.717, 1.165) is 30.6 Å². The molecule has 16 heavy (non-hydrogen) atoms. The first-order valence-corrected chi connectivity index (χ1v) is 5.93. The van der Waals surface area contributed by atoms with Gasteiger partial charge in [-0.3, -0.25) is 4.79 Å². The lowest BCUT2D eigenvalue weighted by atomic mass is 9.62. The summed E-state index contributed by atoms with van der Waals surface area (Å²) in [5.41, 5.74) is 0.958. The number of hydrogen-bond acceptors (Lipinski definition) is 2. The number of benzene rings is 1. The fourth-order valence-corrected chi connectivity index (χ4v) is 2.41. The van der Waals surface area contributed by atoms with Gasteiger partial charge < -0.3 is 4.74 Å². The van der Waals surface area contributed by atoms with E-state index in [4.69, 9.17) is 4.74 Å². The maximum absolute atomic E-state index is 11.7. The third kappa shape index (κ3) is 1.73. The average molecular weight is 218 g/mol. The van der Waals surface area contributed by atoms with Crippen molar-refractivity contribution in [3.63, 3.8) is 0 Å². The van der Waals surface area contributed by atoms with Crippen molar-refractivity contribution in [3.05, 3.63) is 29.8 Å². The topological polar surface area (TPSA) is 26.3 Å². The highest BCUT2D eigenvalue weighted by Gasteiger charge is 2.42. The monoisotopic (exact) mass is 218 g/mol. The van der Waals surface area contributed by atoms with E-state index >= 15 is 0 Å². The lowest BCUT2D eigenvalue weighted by molar-refractivity contribution is -0.125. The molecular formula is C14H18O2. The number of hydrogen-bond donors (Lipinski definition) is 0. The summed E-state index contributed by atoms with van der Waals surface area (Å²) in [6.45, 7) is 4.35. The maximum Gasteiger partial charge on any atom is 0.140 e. The summed E-state index contributed by atoms with van der Waals surface area (Å²) in [5, 5.41) is 0. The van der Waals surface area contributed by atoms with Crippen molar-refractivity contribution in [3.8, 4) is 5.75 Å². The number of ketones is 1. The van der Waals surface area contributed by atoms with Crippen LogP contribution in [0.5, 0.6) is 5.75 Å². The van der Waals surface area contributed by atoms with E-state index in [-0.39, 0.29) is 5.41 Å². The molecule has 0 N–H and O–H groups in total. The number of carbonyl (C=O) groups is 1. The lowest BCUT2D eigenvalue weighted by Gasteiger charge is -2.40. The van der Waals surface area contributed by atoms with Gasteiger partial charge in [0.1, 0.15) is 11.5 Å². The van der Waals surface area contributed by atoms with E-state index < -0.39 is 0 Å². The first-order chi connectivity index (χ1) is 7.69. The summed E-state index contributed by atoms with van der Waals surface area (Å²) in [6.07, 6.45) is 3.15. The lowest BCUT2D eigenvalue weighted by Crippen LogP contribution is -2.40. The highest BCUT2D eigenvalue weighted by atomic mass is 16.5. The molecule has 1 aromatic rings. The van der Waals surface area contributed by atoms with Gasteiger partial charge in [-0.25, -0.2) is 0 Å². The average Bonchev–Trinajstić information content (AvgIpc) is 2.18. The summed E-state index contributed by atoms with van der Waals surface area (Å²) < 4.78 is 5.40. The smallest absolute Gasteiger partial charge is 0.140 e. The predicted octanol–water partition coefficient (Wildman–Crippen LogP) is 3.10. The summed E-state index contributed by atoms with van der Waals surface area (Å²) in [6, 6.07) is 7.99. The molecule has 1 aliphatic carbocycles. The predicted molar refractivity (Wildman–Crippen MR) is 63.8 cm³/mol. The normalized spacial score (nSPS) is 17.6. The number of ether oxygens (including phenoxy) is 1. The zero-order valence-electron chi connectivity index (χ0n) is 9.95. The van der Waals surface area contributed by atoms with Crippen molar-refractivity contribution < 1.29 is 9.53 Å². The van der Waals surface area contributed by atoms with Crippen molar-refractivity contribution in [2.75, 3.05) is 6.61 Å². The summed E-state index contributed by atoms with van der Waals surface area (Å²) >= 11 is 0.